The van der Waals surface area contributed by atoms with Crippen LogP contribution >= 0.6 is 27.3 Å². The molecule has 0 radical (unpaired) electrons. The molecule has 0 bridgehead atoms. The second kappa shape index (κ2) is 5.19. The number of hydrogen-bond acceptors (Lipinski definition) is 2. The number of thiophene rings is 1. The van der Waals surface area contributed by atoms with E-state index in [-0.39, 0.29) is 0 Å². The number of alkyl halides is 1. The van der Waals surface area contributed by atoms with Gasteiger partial charge in [-0.3, -0.25) is 0 Å². The molecule has 1 aliphatic heterocycles. The molecule has 0 amide bonds. The predicted molar refractivity (Wildman–Crippen MR) is 87.4 cm³/mol. The lowest BCUT2D eigenvalue weighted by molar-refractivity contribution is 0.357. The van der Waals surface area contributed by atoms with Gasteiger partial charge in [0.1, 0.15) is 5.75 Å². The molecular weight excluding hydrogens is 332 g/mol. The van der Waals surface area contributed by atoms with E-state index in [1.807, 2.05) is 11.3 Å². The van der Waals surface area contributed by atoms with Crippen molar-refractivity contribution in [1.82, 2.24) is 0 Å². The molecule has 0 saturated heterocycles. The van der Waals surface area contributed by atoms with Crippen molar-refractivity contribution in [2.24, 2.45) is 0 Å². The minimum Gasteiger partial charge on any atom is -0.493 e. The van der Waals surface area contributed by atoms with Crippen molar-refractivity contribution in [1.29, 1.82) is 0 Å². The molecule has 3 heteroatoms. The summed E-state index contributed by atoms with van der Waals surface area (Å²) in [4.78, 5) is 3.39. The number of fused-ring (bicyclic) bond motifs is 2. The normalized spacial score (nSPS) is 18.2. The Hall–Kier alpha value is -0.800. The van der Waals surface area contributed by atoms with E-state index in [4.69, 9.17) is 4.74 Å². The van der Waals surface area contributed by atoms with Crippen LogP contribution in [0.25, 0.3) is 0 Å². The SMILES string of the molecule is BrC(c1ccc2c(c1)CCO2)c1cc2c(s1)CCCC2. The molecule has 1 unspecified atom stereocenters. The van der Waals surface area contributed by atoms with Crippen LogP contribution in [0, 0.1) is 0 Å². The molecule has 1 nitrogen and oxygen atoms in total. The molecule has 1 aliphatic carbocycles. The monoisotopic (exact) mass is 348 g/mol. The Morgan fingerprint density at radius 1 is 1.05 bits per heavy atom. The van der Waals surface area contributed by atoms with E-state index >= 15 is 0 Å². The number of hydrogen-bond donors (Lipinski definition) is 0. The summed E-state index contributed by atoms with van der Waals surface area (Å²) in [7, 11) is 0. The zero-order valence-electron chi connectivity index (χ0n) is 11.3. The van der Waals surface area contributed by atoms with Gasteiger partial charge in [-0.1, -0.05) is 28.1 Å². The van der Waals surface area contributed by atoms with Crippen LogP contribution in [0.3, 0.4) is 0 Å². The van der Waals surface area contributed by atoms with Gasteiger partial charge in [0.05, 0.1) is 11.4 Å². The fraction of sp³-hybridized carbons (Fsp3) is 0.412. The summed E-state index contributed by atoms with van der Waals surface area (Å²) >= 11 is 5.89. The Bertz CT molecular complexity index is 623. The number of halogens is 1. The molecule has 20 heavy (non-hydrogen) atoms. The lowest BCUT2D eigenvalue weighted by atomic mass is 9.98. The number of aryl methyl sites for hydroxylation is 2. The molecule has 4 rings (SSSR count). The van der Waals surface area contributed by atoms with Crippen molar-refractivity contribution in [3.05, 3.63) is 50.7 Å². The first-order valence-electron chi connectivity index (χ1n) is 7.32. The van der Waals surface area contributed by atoms with Crippen LogP contribution in [0.5, 0.6) is 5.75 Å². The van der Waals surface area contributed by atoms with E-state index in [2.05, 4.69) is 40.2 Å². The largest absolute Gasteiger partial charge is 0.493 e. The first-order valence-corrected chi connectivity index (χ1v) is 9.05. The molecule has 1 aromatic heterocycles. The summed E-state index contributed by atoms with van der Waals surface area (Å²) in [5.74, 6) is 1.07. The first kappa shape index (κ1) is 12.9. The van der Waals surface area contributed by atoms with Crippen molar-refractivity contribution < 1.29 is 4.74 Å². The summed E-state index contributed by atoms with van der Waals surface area (Å²) in [5, 5.41) is 0. The highest BCUT2D eigenvalue weighted by molar-refractivity contribution is 9.09. The van der Waals surface area contributed by atoms with E-state index < -0.39 is 0 Å². The highest BCUT2D eigenvalue weighted by Gasteiger charge is 2.20. The number of ether oxygens (including phenoxy) is 1. The minimum absolute atomic E-state index is 0.323. The number of rotatable bonds is 2. The van der Waals surface area contributed by atoms with Gasteiger partial charge in [-0.15, -0.1) is 11.3 Å². The third kappa shape index (κ3) is 2.21. The van der Waals surface area contributed by atoms with Crippen molar-refractivity contribution in [2.75, 3.05) is 6.61 Å². The van der Waals surface area contributed by atoms with Gasteiger partial charge < -0.3 is 4.74 Å². The smallest absolute Gasteiger partial charge is 0.122 e. The summed E-state index contributed by atoms with van der Waals surface area (Å²) < 4.78 is 5.59. The van der Waals surface area contributed by atoms with Crippen LogP contribution in [0.15, 0.2) is 24.3 Å². The summed E-state index contributed by atoms with van der Waals surface area (Å²) in [6.45, 7) is 0.832. The van der Waals surface area contributed by atoms with Gasteiger partial charge in [-0.05, 0) is 54.5 Å². The van der Waals surface area contributed by atoms with Crippen LogP contribution in [-0.2, 0) is 19.3 Å². The summed E-state index contributed by atoms with van der Waals surface area (Å²) in [5.41, 5.74) is 4.30. The number of benzene rings is 1. The van der Waals surface area contributed by atoms with Crippen molar-refractivity contribution in [3.8, 4) is 5.75 Å². The van der Waals surface area contributed by atoms with Gasteiger partial charge in [0.25, 0.3) is 0 Å². The summed E-state index contributed by atoms with van der Waals surface area (Å²) in [6.07, 6.45) is 6.30. The van der Waals surface area contributed by atoms with Crippen LogP contribution in [-0.4, -0.2) is 6.61 Å². The molecule has 1 atom stereocenters. The second-order valence-corrected chi connectivity index (χ2v) is 7.72. The molecule has 2 heterocycles. The Morgan fingerprint density at radius 2 is 1.95 bits per heavy atom. The molecule has 1 aromatic carbocycles. The van der Waals surface area contributed by atoms with Gasteiger partial charge in [0, 0.05) is 16.2 Å². The van der Waals surface area contributed by atoms with E-state index in [1.54, 1.807) is 10.4 Å². The van der Waals surface area contributed by atoms with Gasteiger partial charge in [-0.2, -0.15) is 0 Å². The third-order valence-electron chi connectivity index (χ3n) is 4.27. The average Bonchev–Trinajstić information content (AvgIpc) is 3.11. The van der Waals surface area contributed by atoms with Crippen molar-refractivity contribution >= 4 is 27.3 Å². The maximum atomic E-state index is 5.59. The van der Waals surface area contributed by atoms with E-state index in [9.17, 15) is 0 Å². The fourth-order valence-corrected chi connectivity index (χ4v) is 5.13. The maximum absolute atomic E-state index is 5.59. The lowest BCUT2D eigenvalue weighted by Gasteiger charge is -2.09. The van der Waals surface area contributed by atoms with E-state index in [1.165, 1.54) is 41.7 Å². The quantitative estimate of drug-likeness (QED) is 0.690. The molecule has 0 N–H and O–H groups in total. The maximum Gasteiger partial charge on any atom is 0.122 e. The highest BCUT2D eigenvalue weighted by atomic mass is 79.9. The molecule has 104 valence electrons. The molecule has 0 saturated carbocycles. The molecule has 2 aliphatic rings. The van der Waals surface area contributed by atoms with E-state index in [0.717, 1.165) is 18.8 Å². The van der Waals surface area contributed by atoms with Gasteiger partial charge in [0.2, 0.25) is 0 Å². The van der Waals surface area contributed by atoms with Gasteiger partial charge >= 0.3 is 0 Å². The van der Waals surface area contributed by atoms with Crippen molar-refractivity contribution in [3.63, 3.8) is 0 Å². The highest BCUT2D eigenvalue weighted by Crippen LogP contribution is 2.41. The molecule has 2 aromatic rings. The first-order chi connectivity index (χ1) is 9.81. The van der Waals surface area contributed by atoms with Gasteiger partial charge in [-0.25, -0.2) is 0 Å². The molecule has 0 fully saturated rings. The fourth-order valence-electron chi connectivity index (χ4n) is 3.17. The van der Waals surface area contributed by atoms with Crippen molar-refractivity contribution in [2.45, 2.75) is 36.9 Å². The average molecular weight is 349 g/mol. The van der Waals surface area contributed by atoms with Crippen LogP contribution in [0.4, 0.5) is 0 Å². The molecular formula is C17H17BrOS. The van der Waals surface area contributed by atoms with Crippen LogP contribution in [0.2, 0.25) is 0 Å². The topological polar surface area (TPSA) is 9.23 Å². The predicted octanol–water partition coefficient (Wildman–Crippen LogP) is 5.05. The third-order valence-corrected chi connectivity index (χ3v) is 6.90. The molecule has 0 spiro atoms. The zero-order valence-corrected chi connectivity index (χ0v) is 13.7. The Morgan fingerprint density at radius 3 is 2.85 bits per heavy atom. The van der Waals surface area contributed by atoms with Gasteiger partial charge in [0.15, 0.2) is 0 Å². The standard InChI is InChI=1S/C17H17BrOS/c18-17(13-5-6-14-11(9-13)7-8-19-14)16-10-12-3-1-2-4-15(12)20-16/h5-6,9-10,17H,1-4,7-8H2. The Labute approximate surface area is 132 Å². The Balaban J connectivity index is 1.66. The minimum atomic E-state index is 0.323. The van der Waals surface area contributed by atoms with Crippen LogP contribution < -0.4 is 4.74 Å². The van der Waals surface area contributed by atoms with E-state index in [0.29, 0.717) is 4.83 Å². The van der Waals surface area contributed by atoms with Crippen LogP contribution in [0.1, 0.15) is 44.1 Å². The Kier molecular flexibility index (Phi) is 3.35. The second-order valence-electron chi connectivity index (χ2n) is 5.63. The summed E-state index contributed by atoms with van der Waals surface area (Å²) in [6, 6.07) is 9.05. The lowest BCUT2D eigenvalue weighted by Crippen LogP contribution is -1.96. The zero-order chi connectivity index (χ0) is 13.5.